The van der Waals surface area contributed by atoms with Gasteiger partial charge >= 0.3 is 0 Å². The molecule has 0 atom stereocenters. The van der Waals surface area contributed by atoms with Gasteiger partial charge in [0.25, 0.3) is 5.91 Å². The third-order valence-corrected chi connectivity index (χ3v) is 6.17. The minimum absolute atomic E-state index is 0.251. The molecule has 2 aromatic carbocycles. The molecule has 0 saturated carbocycles. The van der Waals surface area contributed by atoms with Crippen molar-refractivity contribution in [2.24, 2.45) is 0 Å². The van der Waals surface area contributed by atoms with Gasteiger partial charge in [-0.15, -0.1) is 0 Å². The van der Waals surface area contributed by atoms with E-state index >= 15 is 0 Å². The lowest BCUT2D eigenvalue weighted by molar-refractivity contribution is 0.0953. The molecule has 172 valence electrons. The van der Waals surface area contributed by atoms with Crippen molar-refractivity contribution in [3.8, 4) is 0 Å². The average Bonchev–Trinajstić information content (AvgIpc) is 3.09. The Kier molecular flexibility index (Phi) is 7.45. The average molecular weight is 464 g/mol. The van der Waals surface area contributed by atoms with Gasteiger partial charge in [0.15, 0.2) is 5.65 Å². The minimum atomic E-state index is -0.251. The standard InChI is InChI=1S/C26H30ClN5O/c1-2-3-4-5-6-9-16-32-24(28)22(26(33)29-17-18-12-14-19(27)15-13-18)23-25(32)31-21-11-8-7-10-20(21)30-23/h7-8,10-15H,2-6,9,16-17,28H2,1H3,(H,29,33). The van der Waals surface area contributed by atoms with Gasteiger partial charge in [0, 0.05) is 18.1 Å². The monoisotopic (exact) mass is 463 g/mol. The quantitative estimate of drug-likeness (QED) is 0.278. The van der Waals surface area contributed by atoms with Gasteiger partial charge in [0.05, 0.1) is 11.0 Å². The minimum Gasteiger partial charge on any atom is -0.384 e. The molecule has 1 amide bonds. The Hall–Kier alpha value is -3.12. The van der Waals surface area contributed by atoms with Crippen LogP contribution in [0.15, 0.2) is 48.5 Å². The molecule has 0 radical (unpaired) electrons. The number of anilines is 1. The number of halogens is 1. The molecule has 2 aromatic heterocycles. The summed E-state index contributed by atoms with van der Waals surface area (Å²) in [5.74, 6) is 0.168. The fourth-order valence-corrected chi connectivity index (χ4v) is 4.22. The number of hydrogen-bond donors (Lipinski definition) is 2. The van der Waals surface area contributed by atoms with E-state index in [0.29, 0.717) is 40.7 Å². The van der Waals surface area contributed by atoms with Gasteiger partial charge in [-0.05, 0) is 36.2 Å². The van der Waals surface area contributed by atoms with Gasteiger partial charge in [-0.3, -0.25) is 4.79 Å². The summed E-state index contributed by atoms with van der Waals surface area (Å²) < 4.78 is 1.95. The van der Waals surface area contributed by atoms with Crippen LogP contribution in [0.1, 0.15) is 61.4 Å². The third kappa shape index (κ3) is 5.28. The highest BCUT2D eigenvalue weighted by Gasteiger charge is 2.23. The highest BCUT2D eigenvalue weighted by Crippen LogP contribution is 2.28. The molecule has 4 aromatic rings. The van der Waals surface area contributed by atoms with Crippen molar-refractivity contribution in [2.75, 3.05) is 5.73 Å². The third-order valence-electron chi connectivity index (χ3n) is 5.92. The van der Waals surface area contributed by atoms with Gasteiger partial charge in [0.2, 0.25) is 0 Å². The number of hydrogen-bond acceptors (Lipinski definition) is 4. The van der Waals surface area contributed by atoms with Gasteiger partial charge in [-0.25, -0.2) is 9.97 Å². The number of carbonyl (C=O) groups is 1. The first kappa shape index (κ1) is 23.1. The van der Waals surface area contributed by atoms with Crippen LogP contribution in [0.5, 0.6) is 0 Å². The van der Waals surface area contributed by atoms with Crippen molar-refractivity contribution in [1.29, 1.82) is 0 Å². The molecule has 0 unspecified atom stereocenters. The molecule has 0 saturated heterocycles. The molecule has 0 bridgehead atoms. The van der Waals surface area contributed by atoms with Crippen molar-refractivity contribution in [2.45, 2.75) is 58.5 Å². The molecule has 0 spiro atoms. The van der Waals surface area contributed by atoms with Crippen molar-refractivity contribution in [1.82, 2.24) is 19.9 Å². The van der Waals surface area contributed by atoms with Crippen molar-refractivity contribution < 1.29 is 4.79 Å². The van der Waals surface area contributed by atoms with E-state index < -0.39 is 0 Å². The molecule has 0 aliphatic carbocycles. The molecule has 2 heterocycles. The maximum atomic E-state index is 13.2. The fraction of sp³-hybridized carbons (Fsp3) is 0.346. The summed E-state index contributed by atoms with van der Waals surface area (Å²) in [6, 6.07) is 15.1. The van der Waals surface area contributed by atoms with Gasteiger partial charge in [0.1, 0.15) is 16.9 Å². The SMILES string of the molecule is CCCCCCCCn1c(N)c(C(=O)NCc2ccc(Cl)cc2)c2nc3ccccc3nc21. The van der Waals surface area contributed by atoms with Crippen LogP contribution in [0.3, 0.4) is 0 Å². The van der Waals surface area contributed by atoms with Crippen molar-refractivity contribution in [3.63, 3.8) is 0 Å². The summed E-state index contributed by atoms with van der Waals surface area (Å²) in [5, 5.41) is 3.64. The first-order valence-electron chi connectivity index (χ1n) is 11.7. The Labute approximate surface area is 199 Å². The van der Waals surface area contributed by atoms with E-state index in [1.165, 1.54) is 25.7 Å². The summed E-state index contributed by atoms with van der Waals surface area (Å²) in [6.45, 7) is 3.31. The van der Waals surface area contributed by atoms with E-state index in [4.69, 9.17) is 27.3 Å². The molecule has 6 nitrogen and oxygen atoms in total. The number of nitrogen functional groups attached to an aromatic ring is 1. The van der Waals surface area contributed by atoms with E-state index in [1.807, 2.05) is 41.0 Å². The number of carbonyl (C=O) groups excluding carboxylic acids is 1. The van der Waals surface area contributed by atoms with E-state index in [1.54, 1.807) is 12.1 Å². The lowest BCUT2D eigenvalue weighted by Gasteiger charge is -2.08. The number of fused-ring (bicyclic) bond motifs is 2. The predicted molar refractivity (Wildman–Crippen MR) is 135 cm³/mol. The first-order valence-corrected chi connectivity index (χ1v) is 12.0. The van der Waals surface area contributed by atoms with Crippen LogP contribution in [0.25, 0.3) is 22.2 Å². The predicted octanol–water partition coefficient (Wildman–Crippen LogP) is 6.11. The molecule has 3 N–H and O–H groups in total. The van der Waals surface area contributed by atoms with E-state index in [2.05, 4.69) is 12.2 Å². The molecular formula is C26H30ClN5O. The number of rotatable bonds is 10. The topological polar surface area (TPSA) is 85.8 Å². The highest BCUT2D eigenvalue weighted by atomic mass is 35.5. The normalized spacial score (nSPS) is 11.3. The summed E-state index contributed by atoms with van der Waals surface area (Å²) in [5.41, 5.74) is 10.6. The maximum absolute atomic E-state index is 13.2. The van der Waals surface area contributed by atoms with Crippen molar-refractivity contribution in [3.05, 3.63) is 64.7 Å². The summed E-state index contributed by atoms with van der Waals surface area (Å²) in [4.78, 5) is 22.8. The summed E-state index contributed by atoms with van der Waals surface area (Å²) in [6.07, 6.45) is 7.06. The van der Waals surface area contributed by atoms with Crippen LogP contribution in [-0.4, -0.2) is 20.4 Å². The Balaban J connectivity index is 1.62. The smallest absolute Gasteiger partial charge is 0.257 e. The molecule has 0 fully saturated rings. The zero-order valence-corrected chi connectivity index (χ0v) is 19.7. The van der Waals surface area contributed by atoms with Crippen LogP contribution in [0.2, 0.25) is 5.02 Å². The lowest BCUT2D eigenvalue weighted by Crippen LogP contribution is -2.24. The number of aromatic nitrogens is 3. The summed E-state index contributed by atoms with van der Waals surface area (Å²) in [7, 11) is 0. The molecular weight excluding hydrogens is 434 g/mol. The molecule has 4 rings (SSSR count). The Morgan fingerprint density at radius 3 is 2.36 bits per heavy atom. The molecule has 0 aliphatic heterocycles. The van der Waals surface area contributed by atoms with Crippen LogP contribution >= 0.6 is 11.6 Å². The maximum Gasteiger partial charge on any atom is 0.257 e. The number of aryl methyl sites for hydroxylation is 1. The second-order valence-electron chi connectivity index (χ2n) is 8.37. The van der Waals surface area contributed by atoms with Crippen LogP contribution in [0, 0.1) is 0 Å². The van der Waals surface area contributed by atoms with Crippen LogP contribution in [-0.2, 0) is 13.1 Å². The number of amides is 1. The zero-order chi connectivity index (χ0) is 23.2. The Morgan fingerprint density at radius 1 is 0.970 bits per heavy atom. The van der Waals surface area contributed by atoms with Crippen LogP contribution < -0.4 is 11.1 Å². The van der Waals surface area contributed by atoms with Crippen LogP contribution in [0.4, 0.5) is 5.82 Å². The second-order valence-corrected chi connectivity index (χ2v) is 8.81. The largest absolute Gasteiger partial charge is 0.384 e. The number of nitrogens with zero attached hydrogens (tertiary/aromatic N) is 3. The zero-order valence-electron chi connectivity index (χ0n) is 19.0. The molecule has 33 heavy (non-hydrogen) atoms. The Bertz CT molecular complexity index is 1250. The van der Waals surface area contributed by atoms with Gasteiger partial charge in [-0.1, -0.05) is 74.9 Å². The summed E-state index contributed by atoms with van der Waals surface area (Å²) >= 11 is 5.96. The number of nitrogens with two attached hydrogens (primary N) is 1. The number of benzene rings is 2. The number of unbranched alkanes of at least 4 members (excludes halogenated alkanes) is 5. The first-order chi connectivity index (χ1) is 16.1. The fourth-order valence-electron chi connectivity index (χ4n) is 4.09. The van der Waals surface area contributed by atoms with E-state index in [-0.39, 0.29) is 5.91 Å². The number of para-hydroxylation sites is 2. The number of nitrogens with one attached hydrogen (secondary N) is 1. The van der Waals surface area contributed by atoms with Gasteiger partial charge in [-0.2, -0.15) is 0 Å². The Morgan fingerprint density at radius 2 is 1.64 bits per heavy atom. The molecule has 0 aliphatic rings. The molecule has 7 heteroatoms. The van der Waals surface area contributed by atoms with Crippen molar-refractivity contribution >= 4 is 45.5 Å². The van der Waals surface area contributed by atoms with Gasteiger partial charge < -0.3 is 15.6 Å². The highest BCUT2D eigenvalue weighted by molar-refractivity contribution is 6.30. The van der Waals surface area contributed by atoms with E-state index in [0.717, 1.165) is 29.4 Å². The second kappa shape index (κ2) is 10.7. The lowest BCUT2D eigenvalue weighted by atomic mass is 10.1. The van der Waals surface area contributed by atoms with E-state index in [9.17, 15) is 4.79 Å².